The summed E-state index contributed by atoms with van der Waals surface area (Å²) in [5, 5.41) is 11.1. The van der Waals surface area contributed by atoms with Gasteiger partial charge in [0.1, 0.15) is 0 Å². The molecule has 0 radical (unpaired) electrons. The Morgan fingerprint density at radius 3 is 1.74 bits per heavy atom. The van der Waals surface area contributed by atoms with Crippen molar-refractivity contribution in [3.8, 4) is 0 Å². The van der Waals surface area contributed by atoms with E-state index >= 15 is 0 Å². The van der Waals surface area contributed by atoms with Crippen molar-refractivity contribution in [2.45, 2.75) is 118 Å². The third-order valence-electron chi connectivity index (χ3n) is 5.61. The summed E-state index contributed by atoms with van der Waals surface area (Å²) in [6, 6.07) is 0. The van der Waals surface area contributed by atoms with Gasteiger partial charge in [-0.15, -0.1) is 0 Å². The van der Waals surface area contributed by atoms with E-state index in [0.29, 0.717) is 6.79 Å². The maximum atomic E-state index is 11.1. The van der Waals surface area contributed by atoms with Crippen LogP contribution in [-0.4, -0.2) is 43.0 Å². The summed E-state index contributed by atoms with van der Waals surface area (Å²) >= 11 is -2.71. The van der Waals surface area contributed by atoms with Gasteiger partial charge < -0.3 is 0 Å². The van der Waals surface area contributed by atoms with Crippen molar-refractivity contribution < 1.29 is 14.6 Å². The van der Waals surface area contributed by atoms with Crippen LogP contribution in [0.4, 0.5) is 0 Å². The Morgan fingerprint density at radius 2 is 1.33 bits per heavy atom. The van der Waals surface area contributed by atoms with Gasteiger partial charge in [-0.2, -0.15) is 0 Å². The van der Waals surface area contributed by atoms with Gasteiger partial charge in [0.15, 0.2) is 0 Å². The third-order valence-corrected chi connectivity index (χ3v) is 20.6. The van der Waals surface area contributed by atoms with Crippen LogP contribution in [0.5, 0.6) is 0 Å². The molecule has 0 aromatic carbocycles. The van der Waals surface area contributed by atoms with Crippen LogP contribution in [0.1, 0.15) is 98.8 Å². The van der Waals surface area contributed by atoms with Gasteiger partial charge in [-0.1, -0.05) is 0 Å². The first kappa shape index (κ1) is 27.3. The molecule has 0 spiro atoms. The van der Waals surface area contributed by atoms with E-state index in [-0.39, 0.29) is 0 Å². The third kappa shape index (κ3) is 11.8. The topological polar surface area (TPSA) is 38.7 Å². The normalized spacial score (nSPS) is 15.0. The first-order valence-corrected chi connectivity index (χ1v) is 19.0. The molecule has 1 atom stereocenters. The van der Waals surface area contributed by atoms with Crippen LogP contribution in [0.25, 0.3) is 0 Å². The molecule has 0 bridgehead atoms. The number of hydrogen-bond donors (Lipinski definition) is 1. The molecule has 0 aliphatic heterocycles. The first-order chi connectivity index (χ1) is 12.9. The van der Waals surface area contributed by atoms with Gasteiger partial charge in [0.25, 0.3) is 0 Å². The van der Waals surface area contributed by atoms with E-state index < -0.39 is 24.0 Å². The molecule has 0 aliphatic carbocycles. The number of rotatable bonds is 18. The van der Waals surface area contributed by atoms with Crippen LogP contribution in [0.15, 0.2) is 9.85 Å². The van der Waals surface area contributed by atoms with Gasteiger partial charge in [0, 0.05) is 0 Å². The summed E-state index contributed by atoms with van der Waals surface area (Å²) in [6.45, 7) is 11.3. The number of methoxy groups -OCH3 is 1. The van der Waals surface area contributed by atoms with Crippen molar-refractivity contribution in [2.75, 3.05) is 13.9 Å². The molecule has 1 unspecified atom stereocenters. The quantitative estimate of drug-likeness (QED) is 0.0953. The molecule has 0 fully saturated rings. The predicted molar refractivity (Wildman–Crippen MR) is 121 cm³/mol. The van der Waals surface area contributed by atoms with Crippen LogP contribution in [0, 0.1) is 0 Å². The molecule has 0 aromatic heterocycles. The molecule has 0 saturated heterocycles. The van der Waals surface area contributed by atoms with Gasteiger partial charge >= 0.3 is 174 Å². The fraction of sp³-hybridized carbons (Fsp3) is 0.913. The van der Waals surface area contributed by atoms with E-state index in [1.807, 2.05) is 6.92 Å². The molecule has 0 aromatic rings. The SMILES string of the molecule is CCCCCC(C)(O)/C=[C](/OCOC)[Sn]([CH2]CCC)([CH2]CCC)[CH2]CCC. The molecule has 3 nitrogen and oxygen atoms in total. The van der Waals surface area contributed by atoms with Gasteiger partial charge in [0.05, 0.1) is 0 Å². The Balaban J connectivity index is 5.79. The Kier molecular flexibility index (Phi) is 16.3. The summed E-state index contributed by atoms with van der Waals surface area (Å²) in [5.74, 6) is 0. The molecule has 0 amide bonds. The van der Waals surface area contributed by atoms with E-state index in [1.165, 1.54) is 68.5 Å². The first-order valence-electron chi connectivity index (χ1n) is 11.5. The minimum absolute atomic E-state index is 0.305. The average Bonchev–Trinajstić information content (AvgIpc) is 2.65. The van der Waals surface area contributed by atoms with Crippen LogP contribution in [0.3, 0.4) is 0 Å². The second kappa shape index (κ2) is 16.1. The molecule has 27 heavy (non-hydrogen) atoms. The molecule has 1 N–H and O–H groups in total. The van der Waals surface area contributed by atoms with Crippen molar-refractivity contribution in [1.82, 2.24) is 0 Å². The van der Waals surface area contributed by atoms with Crippen LogP contribution in [0.2, 0.25) is 13.3 Å². The number of unbranched alkanes of at least 4 members (excludes halogenated alkanes) is 5. The maximum absolute atomic E-state index is 11.1. The molecule has 0 rings (SSSR count). The molecule has 0 aliphatic rings. The Bertz CT molecular complexity index is 358. The van der Waals surface area contributed by atoms with Crippen molar-refractivity contribution in [2.24, 2.45) is 0 Å². The minimum atomic E-state index is -2.71. The van der Waals surface area contributed by atoms with E-state index in [4.69, 9.17) is 9.47 Å². The molecule has 0 saturated carbocycles. The van der Waals surface area contributed by atoms with Crippen molar-refractivity contribution in [3.05, 3.63) is 9.85 Å². The van der Waals surface area contributed by atoms with E-state index in [9.17, 15) is 5.11 Å². The standard InChI is InChI=1S/C11H21O3.3C4H9.Sn/c1-4-5-6-7-11(2,12)8-9-14-10-13-3;3*1-3-4-2;/h8,12H,4-7,10H2,1-3H3;3*1,3-4H2,2H3;. The Hall–Kier alpha value is 0.259. The van der Waals surface area contributed by atoms with E-state index in [0.717, 1.165) is 12.8 Å². The Morgan fingerprint density at radius 1 is 0.852 bits per heavy atom. The summed E-state index contributed by atoms with van der Waals surface area (Å²) in [5.41, 5.74) is -0.773. The van der Waals surface area contributed by atoms with Gasteiger partial charge in [-0.05, 0) is 0 Å². The predicted octanol–water partition coefficient (Wildman–Crippen LogP) is 7.21. The van der Waals surface area contributed by atoms with Crippen LogP contribution in [-0.2, 0) is 9.47 Å². The number of ether oxygens (including phenoxy) is 2. The van der Waals surface area contributed by atoms with E-state index in [1.54, 1.807) is 7.11 Å². The molecular weight excluding hydrogens is 443 g/mol. The zero-order chi connectivity index (χ0) is 20.6. The summed E-state index contributed by atoms with van der Waals surface area (Å²) in [7, 11) is 1.69. The second-order valence-corrected chi connectivity index (χ2v) is 21.5. The van der Waals surface area contributed by atoms with E-state index in [2.05, 4.69) is 33.8 Å². The number of hydrogen-bond acceptors (Lipinski definition) is 3. The summed E-state index contributed by atoms with van der Waals surface area (Å²) < 4.78 is 16.7. The summed E-state index contributed by atoms with van der Waals surface area (Å²) in [6.07, 6.45) is 13.9. The van der Waals surface area contributed by atoms with Crippen molar-refractivity contribution >= 4 is 18.4 Å². The molecular formula is C23H48O3Sn. The van der Waals surface area contributed by atoms with Crippen molar-refractivity contribution in [1.29, 1.82) is 0 Å². The van der Waals surface area contributed by atoms with Crippen LogP contribution < -0.4 is 0 Å². The van der Waals surface area contributed by atoms with Crippen LogP contribution >= 0.6 is 0 Å². The fourth-order valence-corrected chi connectivity index (χ4v) is 19.7. The van der Waals surface area contributed by atoms with Crippen molar-refractivity contribution in [3.63, 3.8) is 0 Å². The average molecular weight is 491 g/mol. The molecule has 4 heteroatoms. The molecule has 0 heterocycles. The Labute approximate surface area is 174 Å². The molecule has 162 valence electrons. The zero-order valence-corrected chi connectivity index (χ0v) is 22.1. The monoisotopic (exact) mass is 492 g/mol. The summed E-state index contributed by atoms with van der Waals surface area (Å²) in [4.78, 5) is 0. The second-order valence-electron chi connectivity index (χ2n) is 8.46. The number of aliphatic hydroxyl groups is 1. The fourth-order valence-electron chi connectivity index (χ4n) is 3.85. The zero-order valence-electron chi connectivity index (χ0n) is 19.2. The van der Waals surface area contributed by atoms with Gasteiger partial charge in [-0.3, -0.25) is 0 Å². The van der Waals surface area contributed by atoms with Gasteiger partial charge in [-0.25, -0.2) is 0 Å². The van der Waals surface area contributed by atoms with Gasteiger partial charge in [0.2, 0.25) is 0 Å².